The van der Waals surface area contributed by atoms with E-state index in [0.717, 1.165) is 16.8 Å². The average molecular weight is 453 g/mol. The van der Waals surface area contributed by atoms with Gasteiger partial charge in [0.2, 0.25) is 12.6 Å². The molecule has 0 bridgehead atoms. The van der Waals surface area contributed by atoms with Gasteiger partial charge in [0, 0.05) is 11.6 Å². The minimum atomic E-state index is -0.642. The Kier molecular flexibility index (Phi) is 5.73. The van der Waals surface area contributed by atoms with Crippen LogP contribution in [0.3, 0.4) is 0 Å². The molecule has 1 aliphatic rings. The minimum Gasteiger partial charge on any atom is -0.454 e. The van der Waals surface area contributed by atoms with E-state index in [9.17, 15) is 9.59 Å². The molecule has 0 aliphatic carbocycles. The molecule has 3 aromatic carbocycles. The molecule has 2 heterocycles. The first-order valence-corrected chi connectivity index (χ1v) is 10.4. The second-order valence-corrected chi connectivity index (χ2v) is 7.26. The Bertz CT molecular complexity index is 1310. The first-order chi connectivity index (χ1) is 16.7. The first-order valence-electron chi connectivity index (χ1n) is 10.4. The largest absolute Gasteiger partial charge is 0.454 e. The maximum atomic E-state index is 12.7. The van der Waals surface area contributed by atoms with Crippen LogP contribution in [0.1, 0.15) is 16.2 Å². The topological polar surface area (TPSA) is 107 Å². The van der Waals surface area contributed by atoms with Gasteiger partial charge in [-0.25, -0.2) is 9.67 Å². The summed E-state index contributed by atoms with van der Waals surface area (Å²) in [5.74, 6) is 0.540. The van der Waals surface area contributed by atoms with Crippen LogP contribution in [0.25, 0.3) is 23.2 Å². The van der Waals surface area contributed by atoms with E-state index in [0.29, 0.717) is 17.3 Å². The predicted octanol–water partition coefficient (Wildman–Crippen LogP) is 3.14. The van der Waals surface area contributed by atoms with Crippen molar-refractivity contribution in [1.82, 2.24) is 25.6 Å². The Balaban J connectivity index is 1.29. The van der Waals surface area contributed by atoms with Crippen LogP contribution in [-0.4, -0.2) is 33.4 Å². The number of nitrogens with zero attached hydrogens (tertiary/aromatic N) is 3. The van der Waals surface area contributed by atoms with Gasteiger partial charge in [0.15, 0.2) is 17.3 Å². The Morgan fingerprint density at radius 2 is 1.62 bits per heavy atom. The van der Waals surface area contributed by atoms with Gasteiger partial charge in [0.05, 0.1) is 5.69 Å². The van der Waals surface area contributed by atoms with E-state index in [1.54, 1.807) is 29.0 Å². The number of hydrogen-bond donors (Lipinski definition) is 2. The van der Waals surface area contributed by atoms with Crippen LogP contribution in [0.4, 0.5) is 0 Å². The summed E-state index contributed by atoms with van der Waals surface area (Å²) in [6, 6.07) is 24.1. The molecule has 0 fully saturated rings. The maximum absolute atomic E-state index is 12.7. The van der Waals surface area contributed by atoms with Crippen molar-refractivity contribution in [3.8, 4) is 28.6 Å². The Labute approximate surface area is 194 Å². The summed E-state index contributed by atoms with van der Waals surface area (Å²) in [4.78, 5) is 29.3. The highest BCUT2D eigenvalue weighted by Crippen LogP contribution is 2.32. The Hall–Kier alpha value is -4.92. The lowest BCUT2D eigenvalue weighted by Crippen LogP contribution is -2.41. The number of carbonyl (C=O) groups is 2. The molecule has 34 heavy (non-hydrogen) atoms. The fourth-order valence-corrected chi connectivity index (χ4v) is 3.34. The SMILES string of the molecule is O=C(/C=C/c1ccc2c(c1)OCO2)NNC(=O)c1nc(-c2ccccc2)n(-c2ccccc2)n1. The van der Waals surface area contributed by atoms with Crippen molar-refractivity contribution in [3.05, 3.63) is 96.3 Å². The number of para-hydroxylation sites is 1. The molecule has 0 radical (unpaired) electrons. The van der Waals surface area contributed by atoms with E-state index >= 15 is 0 Å². The standard InChI is InChI=1S/C25H19N5O4/c31-22(14-12-17-11-13-20-21(15-17)34-16-33-20)27-28-25(32)23-26-24(18-7-3-1-4-8-18)30(29-23)19-9-5-2-6-10-19/h1-15H,16H2,(H,27,31)(H,28,32)/b14-12+. The number of amides is 2. The molecule has 9 nitrogen and oxygen atoms in total. The summed E-state index contributed by atoms with van der Waals surface area (Å²) in [6.07, 6.45) is 2.89. The number of hydrazine groups is 1. The number of rotatable bonds is 5. The molecule has 0 atom stereocenters. The molecule has 0 saturated heterocycles. The summed E-state index contributed by atoms with van der Waals surface area (Å²) in [6.45, 7) is 0.176. The molecule has 9 heteroatoms. The number of ether oxygens (including phenoxy) is 2. The number of fused-ring (bicyclic) bond motifs is 1. The Morgan fingerprint density at radius 3 is 2.41 bits per heavy atom. The van der Waals surface area contributed by atoms with Gasteiger partial charge in [-0.3, -0.25) is 20.4 Å². The molecule has 1 aromatic heterocycles. The normalized spacial score (nSPS) is 12.0. The van der Waals surface area contributed by atoms with E-state index in [-0.39, 0.29) is 12.6 Å². The molecule has 5 rings (SSSR count). The third kappa shape index (κ3) is 4.49. The fraction of sp³-hybridized carbons (Fsp3) is 0.0400. The number of benzene rings is 3. The molecular weight excluding hydrogens is 434 g/mol. The summed E-state index contributed by atoms with van der Waals surface area (Å²) in [5, 5.41) is 4.36. The van der Waals surface area contributed by atoms with Crippen molar-refractivity contribution in [2.24, 2.45) is 0 Å². The van der Waals surface area contributed by atoms with Gasteiger partial charge in [-0.15, -0.1) is 5.10 Å². The van der Waals surface area contributed by atoms with Crippen molar-refractivity contribution < 1.29 is 19.1 Å². The molecule has 2 amide bonds. The summed E-state index contributed by atoms with van der Waals surface area (Å²) < 4.78 is 12.2. The zero-order valence-electron chi connectivity index (χ0n) is 17.8. The molecule has 168 valence electrons. The molecule has 0 spiro atoms. The lowest BCUT2D eigenvalue weighted by molar-refractivity contribution is -0.117. The maximum Gasteiger partial charge on any atom is 0.309 e. The van der Waals surface area contributed by atoms with Crippen LogP contribution in [0.15, 0.2) is 84.9 Å². The highest BCUT2D eigenvalue weighted by atomic mass is 16.7. The number of nitrogens with one attached hydrogen (secondary N) is 2. The quantitative estimate of drug-likeness (QED) is 0.355. The predicted molar refractivity (Wildman–Crippen MR) is 124 cm³/mol. The van der Waals surface area contributed by atoms with Crippen LogP contribution in [-0.2, 0) is 4.79 Å². The Morgan fingerprint density at radius 1 is 0.882 bits per heavy atom. The average Bonchev–Trinajstić information content (AvgIpc) is 3.54. The number of aromatic nitrogens is 3. The molecule has 0 saturated carbocycles. The smallest absolute Gasteiger partial charge is 0.309 e. The van der Waals surface area contributed by atoms with E-state index in [1.807, 2.05) is 60.7 Å². The van der Waals surface area contributed by atoms with E-state index in [4.69, 9.17) is 9.47 Å². The second-order valence-electron chi connectivity index (χ2n) is 7.26. The van der Waals surface area contributed by atoms with Crippen LogP contribution >= 0.6 is 0 Å². The van der Waals surface area contributed by atoms with Gasteiger partial charge in [-0.2, -0.15) is 0 Å². The molecule has 1 aliphatic heterocycles. The second kappa shape index (κ2) is 9.29. The van der Waals surface area contributed by atoms with Gasteiger partial charge in [0.1, 0.15) is 0 Å². The molecule has 2 N–H and O–H groups in total. The molecule has 4 aromatic rings. The summed E-state index contributed by atoms with van der Waals surface area (Å²) in [5.41, 5.74) is 6.99. The van der Waals surface area contributed by atoms with Crippen LogP contribution in [0.5, 0.6) is 11.5 Å². The van der Waals surface area contributed by atoms with Gasteiger partial charge in [0.25, 0.3) is 5.91 Å². The summed E-state index contributed by atoms with van der Waals surface area (Å²) >= 11 is 0. The fourth-order valence-electron chi connectivity index (χ4n) is 3.34. The van der Waals surface area contributed by atoms with Crippen molar-refractivity contribution in [1.29, 1.82) is 0 Å². The minimum absolute atomic E-state index is 0.0808. The number of hydrogen-bond acceptors (Lipinski definition) is 6. The molecular formula is C25H19N5O4. The van der Waals surface area contributed by atoms with Crippen molar-refractivity contribution in [2.45, 2.75) is 0 Å². The third-order valence-corrected chi connectivity index (χ3v) is 4.97. The van der Waals surface area contributed by atoms with E-state index in [1.165, 1.54) is 6.08 Å². The van der Waals surface area contributed by atoms with Gasteiger partial charge in [-0.1, -0.05) is 54.6 Å². The monoisotopic (exact) mass is 453 g/mol. The van der Waals surface area contributed by atoms with Gasteiger partial charge >= 0.3 is 5.91 Å². The van der Waals surface area contributed by atoms with E-state index in [2.05, 4.69) is 20.9 Å². The van der Waals surface area contributed by atoms with Crippen LogP contribution in [0.2, 0.25) is 0 Å². The lowest BCUT2D eigenvalue weighted by atomic mass is 10.2. The third-order valence-electron chi connectivity index (χ3n) is 4.97. The number of carbonyl (C=O) groups excluding carboxylic acids is 2. The van der Waals surface area contributed by atoms with Crippen molar-refractivity contribution in [3.63, 3.8) is 0 Å². The summed E-state index contributed by atoms with van der Waals surface area (Å²) in [7, 11) is 0. The lowest BCUT2D eigenvalue weighted by Gasteiger charge is -2.05. The highest BCUT2D eigenvalue weighted by Gasteiger charge is 2.19. The van der Waals surface area contributed by atoms with Crippen LogP contribution < -0.4 is 20.3 Å². The zero-order valence-corrected chi connectivity index (χ0v) is 17.8. The van der Waals surface area contributed by atoms with Crippen molar-refractivity contribution in [2.75, 3.05) is 6.79 Å². The van der Waals surface area contributed by atoms with Crippen LogP contribution in [0, 0.1) is 0 Å². The molecule has 0 unspecified atom stereocenters. The van der Waals surface area contributed by atoms with Gasteiger partial charge < -0.3 is 9.47 Å². The zero-order chi connectivity index (χ0) is 23.3. The van der Waals surface area contributed by atoms with E-state index < -0.39 is 11.8 Å². The highest BCUT2D eigenvalue weighted by molar-refractivity contribution is 5.96. The first kappa shape index (κ1) is 21.0. The van der Waals surface area contributed by atoms with Gasteiger partial charge in [-0.05, 0) is 35.9 Å². The van der Waals surface area contributed by atoms with Crippen molar-refractivity contribution >= 4 is 17.9 Å².